The van der Waals surface area contributed by atoms with Gasteiger partial charge >= 0.3 is 11.6 Å². The first-order valence-electron chi connectivity index (χ1n) is 9.21. The lowest BCUT2D eigenvalue weighted by molar-refractivity contribution is -0.136. The van der Waals surface area contributed by atoms with Crippen molar-refractivity contribution >= 4 is 22.8 Å². The molecule has 1 amide bonds. The van der Waals surface area contributed by atoms with E-state index in [4.69, 9.17) is 18.6 Å². The van der Waals surface area contributed by atoms with Gasteiger partial charge in [-0.3, -0.25) is 4.79 Å². The average Bonchev–Trinajstić information content (AvgIpc) is 2.72. The third kappa shape index (κ3) is 5.45. The number of fused-ring (bicyclic) bond motifs is 1. The monoisotopic (exact) mass is 411 g/mol. The summed E-state index contributed by atoms with van der Waals surface area (Å²) in [5.41, 5.74) is 0.300. The fourth-order valence-corrected chi connectivity index (χ4v) is 2.68. The molecule has 1 aromatic heterocycles. The maximum absolute atomic E-state index is 12.1. The zero-order valence-electron chi connectivity index (χ0n) is 16.6. The first kappa shape index (κ1) is 21.1. The van der Waals surface area contributed by atoms with Gasteiger partial charge in [0.05, 0.1) is 6.61 Å². The smallest absolute Gasteiger partial charge is 0.349 e. The van der Waals surface area contributed by atoms with Crippen LogP contribution in [0, 0.1) is 6.92 Å². The van der Waals surface area contributed by atoms with Crippen LogP contribution in [-0.2, 0) is 9.53 Å². The summed E-state index contributed by atoms with van der Waals surface area (Å²) in [5.74, 6) is -0.396. The predicted octanol–water partition coefficient (Wildman–Crippen LogP) is 2.46. The number of benzene rings is 2. The van der Waals surface area contributed by atoms with E-state index in [2.05, 4.69) is 5.32 Å². The van der Waals surface area contributed by atoms with Crippen molar-refractivity contribution in [3.8, 4) is 11.5 Å². The summed E-state index contributed by atoms with van der Waals surface area (Å²) in [6, 6.07) is 13.3. The Kier molecular flexibility index (Phi) is 6.82. The minimum Gasteiger partial charge on any atom is -0.482 e. The molecule has 1 N–H and O–H groups in total. The molecule has 0 spiro atoms. The first-order valence-corrected chi connectivity index (χ1v) is 9.21. The van der Waals surface area contributed by atoms with E-state index >= 15 is 0 Å². The molecule has 0 aliphatic carbocycles. The number of rotatable bonds is 8. The summed E-state index contributed by atoms with van der Waals surface area (Å²) >= 11 is 0. The Morgan fingerprint density at radius 3 is 2.67 bits per heavy atom. The quantitative estimate of drug-likeness (QED) is 0.263. The summed E-state index contributed by atoms with van der Waals surface area (Å²) in [7, 11) is 1.51. The normalized spacial score (nSPS) is 10.6. The van der Waals surface area contributed by atoms with Gasteiger partial charge in [0, 0.05) is 25.1 Å². The Bertz CT molecular complexity index is 1120. The van der Waals surface area contributed by atoms with Gasteiger partial charge in [0.15, 0.2) is 6.61 Å². The van der Waals surface area contributed by atoms with Gasteiger partial charge in [-0.25, -0.2) is 9.59 Å². The molecule has 0 radical (unpaired) electrons. The van der Waals surface area contributed by atoms with Crippen LogP contribution in [0.2, 0.25) is 0 Å². The average molecular weight is 411 g/mol. The molecule has 2 aromatic carbocycles. The van der Waals surface area contributed by atoms with Gasteiger partial charge in [-0.15, -0.1) is 0 Å². The minimum absolute atomic E-state index is 0.116. The Balaban J connectivity index is 1.67. The van der Waals surface area contributed by atoms with Crippen molar-refractivity contribution in [1.29, 1.82) is 0 Å². The predicted molar refractivity (Wildman–Crippen MR) is 109 cm³/mol. The highest BCUT2D eigenvalue weighted by molar-refractivity contribution is 5.96. The van der Waals surface area contributed by atoms with Crippen molar-refractivity contribution in [1.82, 2.24) is 5.32 Å². The summed E-state index contributed by atoms with van der Waals surface area (Å²) < 4.78 is 20.7. The van der Waals surface area contributed by atoms with E-state index in [1.54, 1.807) is 24.3 Å². The Labute approximate surface area is 172 Å². The van der Waals surface area contributed by atoms with Crippen molar-refractivity contribution in [2.24, 2.45) is 0 Å². The zero-order chi connectivity index (χ0) is 21.5. The third-order valence-corrected chi connectivity index (χ3v) is 4.12. The number of amides is 1. The van der Waals surface area contributed by atoms with Gasteiger partial charge in [-0.05, 0) is 42.8 Å². The van der Waals surface area contributed by atoms with Crippen LogP contribution >= 0.6 is 0 Å². The van der Waals surface area contributed by atoms with E-state index in [0.717, 1.165) is 5.56 Å². The molecule has 8 nitrogen and oxygen atoms in total. The van der Waals surface area contributed by atoms with Crippen molar-refractivity contribution in [2.45, 2.75) is 6.92 Å². The lowest BCUT2D eigenvalue weighted by Gasteiger charge is -2.08. The van der Waals surface area contributed by atoms with Crippen molar-refractivity contribution in [3.05, 3.63) is 70.1 Å². The van der Waals surface area contributed by atoms with E-state index in [9.17, 15) is 14.4 Å². The van der Waals surface area contributed by atoms with E-state index in [1.807, 2.05) is 19.1 Å². The number of esters is 1. The third-order valence-electron chi connectivity index (χ3n) is 4.12. The summed E-state index contributed by atoms with van der Waals surface area (Å²) in [6.45, 7) is 2.24. The molecule has 0 unspecified atom stereocenters. The molecule has 0 saturated carbocycles. The number of methoxy groups -OCH3 is 1. The van der Waals surface area contributed by atoms with E-state index in [1.165, 1.54) is 19.2 Å². The molecule has 3 aromatic rings. The highest BCUT2D eigenvalue weighted by Gasteiger charge is 2.14. The van der Waals surface area contributed by atoms with Crippen LogP contribution in [0.1, 0.15) is 15.9 Å². The lowest BCUT2D eigenvalue weighted by atomic mass is 10.1. The molecule has 30 heavy (non-hydrogen) atoms. The van der Waals surface area contributed by atoms with Crippen LogP contribution in [0.5, 0.6) is 11.5 Å². The molecule has 0 atom stereocenters. The molecular formula is C22H21NO7. The topological polar surface area (TPSA) is 104 Å². The standard InChI is InChI=1S/C22H21NO7/c1-14-4-3-5-16(10-14)28-13-20(24)29-17-7-6-15-11-18(21(25)23-8-9-27-2)22(26)30-19(15)12-17/h3-7,10-12H,8-9,13H2,1-2H3,(H,23,25). The molecule has 156 valence electrons. The first-order chi connectivity index (χ1) is 14.5. The second-order valence-electron chi connectivity index (χ2n) is 6.48. The van der Waals surface area contributed by atoms with E-state index < -0.39 is 17.5 Å². The van der Waals surface area contributed by atoms with Crippen LogP contribution in [0.4, 0.5) is 0 Å². The summed E-state index contributed by atoms with van der Waals surface area (Å²) in [6.07, 6.45) is 0. The van der Waals surface area contributed by atoms with Crippen LogP contribution in [0.15, 0.2) is 57.7 Å². The van der Waals surface area contributed by atoms with Gasteiger partial charge in [0.2, 0.25) is 0 Å². The minimum atomic E-state index is -0.788. The molecule has 8 heteroatoms. The number of carbonyl (C=O) groups excluding carboxylic acids is 2. The van der Waals surface area contributed by atoms with Crippen LogP contribution < -0.4 is 20.4 Å². The highest BCUT2D eigenvalue weighted by Crippen LogP contribution is 2.21. The number of ether oxygens (including phenoxy) is 3. The SMILES string of the molecule is COCCNC(=O)c1cc2ccc(OC(=O)COc3cccc(C)c3)cc2oc1=O. The molecule has 0 fully saturated rings. The zero-order valence-corrected chi connectivity index (χ0v) is 16.6. The van der Waals surface area contributed by atoms with Crippen LogP contribution in [-0.4, -0.2) is 38.7 Å². The fourth-order valence-electron chi connectivity index (χ4n) is 2.68. The molecule has 0 bridgehead atoms. The van der Waals surface area contributed by atoms with Crippen molar-refractivity contribution in [2.75, 3.05) is 26.9 Å². The second kappa shape index (κ2) is 9.71. The number of carbonyl (C=O) groups is 2. The maximum atomic E-state index is 12.1. The van der Waals surface area contributed by atoms with Crippen LogP contribution in [0.25, 0.3) is 11.0 Å². The van der Waals surface area contributed by atoms with Gasteiger partial charge in [-0.1, -0.05) is 12.1 Å². The Hall–Kier alpha value is -3.65. The van der Waals surface area contributed by atoms with Gasteiger partial charge in [-0.2, -0.15) is 0 Å². The molecule has 0 saturated heterocycles. The molecule has 0 aliphatic heterocycles. The largest absolute Gasteiger partial charge is 0.482 e. The number of hydrogen-bond acceptors (Lipinski definition) is 7. The maximum Gasteiger partial charge on any atom is 0.349 e. The summed E-state index contributed by atoms with van der Waals surface area (Å²) in [4.78, 5) is 36.3. The number of hydrogen-bond donors (Lipinski definition) is 1. The van der Waals surface area contributed by atoms with Gasteiger partial charge in [0.1, 0.15) is 22.6 Å². The Morgan fingerprint density at radius 2 is 1.90 bits per heavy atom. The van der Waals surface area contributed by atoms with E-state index in [-0.39, 0.29) is 30.0 Å². The molecular weight excluding hydrogens is 390 g/mol. The molecule has 3 rings (SSSR count). The number of aryl methyl sites for hydroxylation is 1. The van der Waals surface area contributed by atoms with Gasteiger partial charge < -0.3 is 23.9 Å². The second-order valence-corrected chi connectivity index (χ2v) is 6.48. The number of nitrogens with one attached hydrogen (secondary N) is 1. The van der Waals surface area contributed by atoms with Crippen molar-refractivity contribution < 1.29 is 28.2 Å². The summed E-state index contributed by atoms with van der Waals surface area (Å²) in [5, 5.41) is 3.08. The fraction of sp³-hybridized carbons (Fsp3) is 0.227. The lowest BCUT2D eigenvalue weighted by Crippen LogP contribution is -2.30. The highest BCUT2D eigenvalue weighted by atomic mass is 16.6. The molecule has 1 heterocycles. The van der Waals surface area contributed by atoms with Crippen molar-refractivity contribution in [3.63, 3.8) is 0 Å². The Morgan fingerprint density at radius 1 is 1.07 bits per heavy atom. The van der Waals surface area contributed by atoms with E-state index in [0.29, 0.717) is 17.7 Å². The van der Waals surface area contributed by atoms with Gasteiger partial charge in [0.25, 0.3) is 5.91 Å². The molecule has 0 aliphatic rings. The van der Waals surface area contributed by atoms with Crippen LogP contribution in [0.3, 0.4) is 0 Å².